The summed E-state index contributed by atoms with van der Waals surface area (Å²) < 4.78 is 43.8. The maximum absolute atomic E-state index is 13.0. The van der Waals surface area contributed by atoms with Crippen LogP contribution < -0.4 is 11.5 Å². The van der Waals surface area contributed by atoms with Crippen molar-refractivity contribution in [2.45, 2.75) is 6.42 Å². The van der Waals surface area contributed by atoms with Gasteiger partial charge in [0.05, 0.1) is 6.61 Å². The number of carbonyl (C=O) groups excluding carboxylic acids is 1. The van der Waals surface area contributed by atoms with Crippen LogP contribution in [0.4, 0.5) is 24.5 Å². The van der Waals surface area contributed by atoms with E-state index in [0.717, 1.165) is 29.8 Å². The summed E-state index contributed by atoms with van der Waals surface area (Å²) in [7, 11) is 0. The lowest BCUT2D eigenvalue weighted by atomic mass is 10.1. The third kappa shape index (κ3) is 4.52. The number of ether oxygens (including phenoxy) is 1. The number of halogens is 3. The second kappa shape index (κ2) is 7.54. The first kappa shape index (κ1) is 17.4. The fraction of sp³-hybridized carbons (Fsp3) is 0.118. The molecule has 0 aliphatic carbocycles. The van der Waals surface area contributed by atoms with Gasteiger partial charge in [-0.3, -0.25) is 0 Å². The second-order valence-electron chi connectivity index (χ2n) is 5.01. The van der Waals surface area contributed by atoms with Gasteiger partial charge in [0.2, 0.25) is 0 Å². The predicted molar refractivity (Wildman–Crippen MR) is 85.3 cm³/mol. The average molecular weight is 336 g/mol. The third-order valence-corrected chi connectivity index (χ3v) is 3.20. The molecule has 2 rings (SSSR count). The van der Waals surface area contributed by atoms with E-state index in [2.05, 4.69) is 0 Å². The van der Waals surface area contributed by atoms with Crippen LogP contribution in [0.1, 0.15) is 11.1 Å². The molecule has 0 amide bonds. The van der Waals surface area contributed by atoms with Crippen molar-refractivity contribution in [2.75, 3.05) is 18.1 Å². The van der Waals surface area contributed by atoms with Gasteiger partial charge >= 0.3 is 5.97 Å². The highest BCUT2D eigenvalue weighted by molar-refractivity contribution is 5.87. The van der Waals surface area contributed by atoms with E-state index in [9.17, 15) is 18.0 Å². The summed E-state index contributed by atoms with van der Waals surface area (Å²) in [6, 6.07) is 6.58. The Balaban J connectivity index is 1.89. The topological polar surface area (TPSA) is 78.3 Å². The van der Waals surface area contributed by atoms with Crippen molar-refractivity contribution in [1.82, 2.24) is 0 Å². The molecule has 0 unspecified atom stereocenters. The summed E-state index contributed by atoms with van der Waals surface area (Å²) in [6.45, 7) is 0.0728. The quantitative estimate of drug-likeness (QED) is 0.381. The highest BCUT2D eigenvalue weighted by Crippen LogP contribution is 2.16. The number of nitrogens with two attached hydrogens (primary N) is 2. The van der Waals surface area contributed by atoms with Gasteiger partial charge in [-0.15, -0.1) is 0 Å². The molecule has 0 atom stereocenters. The first-order valence-electron chi connectivity index (χ1n) is 7.00. The minimum Gasteiger partial charge on any atom is -0.462 e. The van der Waals surface area contributed by atoms with Crippen molar-refractivity contribution >= 4 is 23.4 Å². The molecule has 0 aromatic heterocycles. The Kier molecular flexibility index (Phi) is 5.47. The van der Waals surface area contributed by atoms with Gasteiger partial charge in [0.25, 0.3) is 0 Å². The fourth-order valence-corrected chi connectivity index (χ4v) is 1.99. The normalized spacial score (nSPS) is 11.0. The molecule has 7 heteroatoms. The minimum atomic E-state index is -1.56. The first-order valence-corrected chi connectivity index (χ1v) is 7.00. The van der Waals surface area contributed by atoms with Crippen LogP contribution in [0.15, 0.2) is 36.4 Å². The number of rotatable bonds is 5. The van der Waals surface area contributed by atoms with Gasteiger partial charge in [0, 0.05) is 23.9 Å². The Hall–Kier alpha value is -2.96. The molecule has 126 valence electrons. The van der Waals surface area contributed by atoms with Gasteiger partial charge in [0.15, 0.2) is 17.5 Å². The van der Waals surface area contributed by atoms with Crippen LogP contribution in [0.2, 0.25) is 0 Å². The molecular weight excluding hydrogens is 321 g/mol. The van der Waals surface area contributed by atoms with Crippen LogP contribution in [0.5, 0.6) is 0 Å². The van der Waals surface area contributed by atoms with E-state index >= 15 is 0 Å². The zero-order chi connectivity index (χ0) is 17.7. The van der Waals surface area contributed by atoms with Crippen molar-refractivity contribution < 1.29 is 22.7 Å². The molecular formula is C17H15F3N2O2. The summed E-state index contributed by atoms with van der Waals surface area (Å²) in [5.74, 6) is -4.92. The van der Waals surface area contributed by atoms with Gasteiger partial charge in [-0.2, -0.15) is 0 Å². The molecule has 0 radical (unpaired) electrons. The molecule has 0 aliphatic rings. The molecule has 2 aromatic carbocycles. The van der Waals surface area contributed by atoms with Gasteiger partial charge in [-0.25, -0.2) is 18.0 Å². The number of hydrogen-bond donors (Lipinski definition) is 2. The van der Waals surface area contributed by atoms with E-state index in [-0.39, 0.29) is 12.2 Å². The minimum absolute atomic E-state index is 0.00568. The smallest absolute Gasteiger partial charge is 0.330 e. The molecule has 0 spiro atoms. The van der Waals surface area contributed by atoms with Crippen molar-refractivity contribution in [3.05, 3.63) is 65.0 Å². The molecule has 0 aliphatic heterocycles. The molecule has 0 fully saturated rings. The summed E-state index contributed by atoms with van der Waals surface area (Å²) in [5.41, 5.74) is 13.2. The Labute approximate surface area is 136 Å². The molecule has 4 nitrogen and oxygen atoms in total. The van der Waals surface area contributed by atoms with Crippen LogP contribution in [-0.4, -0.2) is 12.6 Å². The fourth-order valence-electron chi connectivity index (χ4n) is 1.99. The molecule has 4 N–H and O–H groups in total. The largest absolute Gasteiger partial charge is 0.462 e. The number of nitrogen functional groups attached to an aromatic ring is 2. The van der Waals surface area contributed by atoms with E-state index in [0.29, 0.717) is 17.8 Å². The van der Waals surface area contributed by atoms with Crippen molar-refractivity contribution in [2.24, 2.45) is 0 Å². The Bertz CT molecular complexity index is 768. The first-order chi connectivity index (χ1) is 11.4. The zero-order valence-electron chi connectivity index (χ0n) is 12.6. The molecule has 0 saturated heterocycles. The molecule has 0 heterocycles. The van der Waals surface area contributed by atoms with E-state index < -0.39 is 23.4 Å². The summed E-state index contributed by atoms with van der Waals surface area (Å²) in [4.78, 5) is 11.6. The molecule has 0 saturated carbocycles. The molecule has 0 bridgehead atoms. The Morgan fingerprint density at radius 1 is 1.08 bits per heavy atom. The lowest BCUT2D eigenvalue weighted by Crippen LogP contribution is -2.06. The SMILES string of the molecule is Nc1ccc(CCOC(=O)/C=C/c2cc(F)c(F)c(F)c2)c(N)c1. The second-order valence-corrected chi connectivity index (χ2v) is 5.01. The summed E-state index contributed by atoms with van der Waals surface area (Å²) in [6.07, 6.45) is 2.52. The lowest BCUT2D eigenvalue weighted by Gasteiger charge is -2.06. The standard InChI is InChI=1S/C17H15F3N2O2/c18-13-7-10(8-14(19)17(13)20)1-4-16(23)24-6-5-11-2-3-12(21)9-15(11)22/h1-4,7-9H,5-6,21-22H2/b4-1+. The third-order valence-electron chi connectivity index (χ3n) is 3.20. The van der Waals surface area contributed by atoms with Gasteiger partial charge < -0.3 is 16.2 Å². The number of esters is 1. The van der Waals surface area contributed by atoms with E-state index in [1.54, 1.807) is 18.2 Å². The summed E-state index contributed by atoms with van der Waals surface area (Å²) >= 11 is 0. The van der Waals surface area contributed by atoms with Crippen LogP contribution in [0.3, 0.4) is 0 Å². The summed E-state index contributed by atoms with van der Waals surface area (Å²) in [5, 5.41) is 0. The van der Waals surface area contributed by atoms with E-state index in [1.807, 2.05) is 0 Å². The van der Waals surface area contributed by atoms with E-state index in [1.165, 1.54) is 0 Å². The van der Waals surface area contributed by atoms with Crippen molar-refractivity contribution in [3.8, 4) is 0 Å². The van der Waals surface area contributed by atoms with Crippen molar-refractivity contribution in [1.29, 1.82) is 0 Å². The predicted octanol–water partition coefficient (Wildman–Crippen LogP) is 3.07. The Morgan fingerprint density at radius 3 is 2.38 bits per heavy atom. The highest BCUT2D eigenvalue weighted by Gasteiger charge is 2.09. The van der Waals surface area contributed by atoms with Crippen LogP contribution >= 0.6 is 0 Å². The number of benzene rings is 2. The maximum Gasteiger partial charge on any atom is 0.330 e. The van der Waals surface area contributed by atoms with Crippen molar-refractivity contribution in [3.63, 3.8) is 0 Å². The van der Waals surface area contributed by atoms with Crippen LogP contribution in [-0.2, 0) is 16.0 Å². The van der Waals surface area contributed by atoms with Gasteiger partial charge in [-0.05, 0) is 41.5 Å². The monoisotopic (exact) mass is 336 g/mol. The van der Waals surface area contributed by atoms with Gasteiger partial charge in [0.1, 0.15) is 0 Å². The highest BCUT2D eigenvalue weighted by atomic mass is 19.2. The van der Waals surface area contributed by atoms with Gasteiger partial charge in [-0.1, -0.05) is 6.07 Å². The number of anilines is 2. The average Bonchev–Trinajstić information content (AvgIpc) is 2.52. The Morgan fingerprint density at radius 2 is 1.75 bits per heavy atom. The zero-order valence-corrected chi connectivity index (χ0v) is 12.6. The maximum atomic E-state index is 13.0. The number of carbonyl (C=O) groups is 1. The van der Waals surface area contributed by atoms with E-state index in [4.69, 9.17) is 16.2 Å². The lowest BCUT2D eigenvalue weighted by molar-refractivity contribution is -0.137. The van der Waals surface area contributed by atoms with Crippen LogP contribution in [0, 0.1) is 17.5 Å². The number of hydrogen-bond acceptors (Lipinski definition) is 4. The molecule has 24 heavy (non-hydrogen) atoms. The van der Waals surface area contributed by atoms with Crippen LogP contribution in [0.25, 0.3) is 6.08 Å². The molecule has 2 aromatic rings.